The molecule has 8 nitrogen and oxygen atoms in total. The van der Waals surface area contributed by atoms with Crippen LogP contribution in [0.4, 0.5) is 0 Å². The average Bonchev–Trinajstić information content (AvgIpc) is 2.27. The molecule has 0 bridgehead atoms. The van der Waals surface area contributed by atoms with E-state index in [1.54, 1.807) is 0 Å². The van der Waals surface area contributed by atoms with Crippen molar-refractivity contribution in [2.75, 3.05) is 0 Å². The van der Waals surface area contributed by atoms with Crippen molar-refractivity contribution in [2.24, 2.45) is 0 Å². The van der Waals surface area contributed by atoms with E-state index in [4.69, 9.17) is 17.3 Å². The lowest BCUT2D eigenvalue weighted by atomic mass is 10.0. The molecule has 0 aromatic rings. The summed E-state index contributed by atoms with van der Waals surface area (Å²) in [5, 5.41) is 37.9. The number of aliphatic hydroxyl groups is 4. The molecule has 1 rings (SSSR count). The minimum absolute atomic E-state index is 0.286. The van der Waals surface area contributed by atoms with E-state index in [9.17, 15) is 15.3 Å². The van der Waals surface area contributed by atoms with Crippen molar-refractivity contribution in [3.05, 3.63) is 0 Å². The van der Waals surface area contributed by atoms with Crippen LogP contribution in [-0.2, 0) is 0 Å². The van der Waals surface area contributed by atoms with Gasteiger partial charge in [0, 0.05) is 0 Å². The van der Waals surface area contributed by atoms with Gasteiger partial charge in [-0.1, -0.05) is 0 Å². The van der Waals surface area contributed by atoms with E-state index in [1.807, 2.05) is 0 Å². The summed E-state index contributed by atoms with van der Waals surface area (Å²) >= 11 is 4.72. The molecule has 0 unspecified atom stereocenters. The molecular weight excluding hydrogens is 236 g/mol. The molecule has 1 heterocycles. The second kappa shape index (κ2) is 5.68. The number of hydrazine groups is 2. The van der Waals surface area contributed by atoms with Crippen molar-refractivity contribution >= 4 is 17.3 Å². The Morgan fingerprint density at radius 3 is 2.00 bits per heavy atom. The molecule has 8 N–H and O–H groups in total. The number of aliphatic hydroxyl groups excluding tert-OH is 4. The molecule has 16 heavy (non-hydrogen) atoms. The molecular formula is C7H16N4O4S. The third-order valence-electron chi connectivity index (χ3n) is 2.22. The first-order valence-corrected chi connectivity index (χ1v) is 5.13. The topological polar surface area (TPSA) is 129 Å². The molecule has 1 saturated heterocycles. The Morgan fingerprint density at radius 1 is 1.06 bits per heavy atom. The summed E-state index contributed by atoms with van der Waals surface area (Å²) in [4.78, 5) is 0. The second-order valence-electron chi connectivity index (χ2n) is 3.56. The van der Waals surface area contributed by atoms with Crippen molar-refractivity contribution < 1.29 is 20.4 Å². The Bertz CT molecular complexity index is 245. The first kappa shape index (κ1) is 13.5. The third-order valence-corrected chi connectivity index (χ3v) is 2.42. The van der Waals surface area contributed by atoms with Crippen LogP contribution in [0.5, 0.6) is 0 Å². The average molecular weight is 252 g/mol. The van der Waals surface area contributed by atoms with Crippen LogP contribution in [0.25, 0.3) is 0 Å². The standard InChI is InChI=1S/C7H16N4O4S/c1-2(12)3(13)4(14)5(15)6-8-10-7(16)11-9-6/h2-6,8-9,12-15H,1H3,(H2,10,11,16)/t2-,3+,4+,5+/m1/s1. The van der Waals surface area contributed by atoms with E-state index in [-0.39, 0.29) is 5.11 Å². The lowest BCUT2D eigenvalue weighted by molar-refractivity contribution is -0.113. The summed E-state index contributed by atoms with van der Waals surface area (Å²) in [7, 11) is 0. The first-order chi connectivity index (χ1) is 7.43. The highest BCUT2D eigenvalue weighted by atomic mass is 32.1. The third kappa shape index (κ3) is 3.22. The maximum absolute atomic E-state index is 9.68. The van der Waals surface area contributed by atoms with Gasteiger partial charge in [-0.2, -0.15) is 0 Å². The van der Waals surface area contributed by atoms with E-state index >= 15 is 0 Å². The van der Waals surface area contributed by atoms with Crippen LogP contribution in [0.15, 0.2) is 0 Å². The Morgan fingerprint density at radius 2 is 1.56 bits per heavy atom. The van der Waals surface area contributed by atoms with Gasteiger partial charge in [0.05, 0.1) is 6.10 Å². The lowest BCUT2D eigenvalue weighted by Crippen LogP contribution is -2.71. The highest BCUT2D eigenvalue weighted by Crippen LogP contribution is 2.07. The van der Waals surface area contributed by atoms with E-state index in [0.717, 1.165) is 0 Å². The van der Waals surface area contributed by atoms with Crippen molar-refractivity contribution in [3.8, 4) is 0 Å². The summed E-state index contributed by atoms with van der Waals surface area (Å²) in [6.07, 6.45) is -6.19. The van der Waals surface area contributed by atoms with Gasteiger partial charge in [-0.3, -0.25) is 10.9 Å². The molecule has 1 aliphatic rings. The summed E-state index contributed by atoms with van der Waals surface area (Å²) in [5.41, 5.74) is 10.2. The molecule has 1 fully saturated rings. The molecule has 0 aliphatic carbocycles. The molecule has 0 aromatic heterocycles. The maximum atomic E-state index is 9.68. The monoisotopic (exact) mass is 252 g/mol. The van der Waals surface area contributed by atoms with Gasteiger partial charge in [-0.25, -0.2) is 10.9 Å². The van der Waals surface area contributed by atoms with E-state index in [1.165, 1.54) is 6.92 Å². The summed E-state index contributed by atoms with van der Waals surface area (Å²) in [6, 6.07) is 0. The van der Waals surface area contributed by atoms with Crippen molar-refractivity contribution in [3.63, 3.8) is 0 Å². The van der Waals surface area contributed by atoms with Crippen LogP contribution in [0.3, 0.4) is 0 Å². The summed E-state index contributed by atoms with van der Waals surface area (Å²) in [6.45, 7) is 1.31. The number of nitrogens with one attached hydrogen (secondary N) is 4. The van der Waals surface area contributed by atoms with Gasteiger partial charge in [0.1, 0.15) is 24.5 Å². The Labute approximate surface area is 97.6 Å². The predicted molar refractivity (Wildman–Crippen MR) is 58.6 cm³/mol. The molecule has 0 spiro atoms. The van der Waals surface area contributed by atoms with Crippen molar-refractivity contribution in [1.29, 1.82) is 0 Å². The normalized spacial score (nSPS) is 25.2. The van der Waals surface area contributed by atoms with Crippen LogP contribution in [-0.4, -0.2) is 56.1 Å². The molecule has 1 aliphatic heterocycles. The van der Waals surface area contributed by atoms with Crippen molar-refractivity contribution in [1.82, 2.24) is 21.7 Å². The van der Waals surface area contributed by atoms with Gasteiger partial charge in [-0.15, -0.1) is 0 Å². The van der Waals surface area contributed by atoms with Crippen LogP contribution < -0.4 is 21.7 Å². The number of rotatable bonds is 4. The van der Waals surface area contributed by atoms with E-state index in [0.29, 0.717) is 0 Å². The molecule has 0 aromatic carbocycles. The highest BCUT2D eigenvalue weighted by Gasteiger charge is 2.34. The number of hydrogen-bond donors (Lipinski definition) is 8. The van der Waals surface area contributed by atoms with Crippen molar-refractivity contribution in [2.45, 2.75) is 37.5 Å². The number of thiocarbonyl (C=S) groups is 1. The van der Waals surface area contributed by atoms with Gasteiger partial charge >= 0.3 is 0 Å². The Hall–Kier alpha value is -0.550. The van der Waals surface area contributed by atoms with Crippen LogP contribution in [0.1, 0.15) is 6.92 Å². The quantitative estimate of drug-likeness (QED) is 0.238. The molecule has 0 saturated carbocycles. The predicted octanol–water partition coefficient (Wildman–Crippen LogP) is -3.74. The van der Waals surface area contributed by atoms with Crippen LogP contribution in [0.2, 0.25) is 0 Å². The van der Waals surface area contributed by atoms with Crippen LogP contribution >= 0.6 is 12.2 Å². The zero-order valence-electron chi connectivity index (χ0n) is 8.58. The fourth-order valence-corrected chi connectivity index (χ4v) is 1.33. The minimum atomic E-state index is -1.50. The van der Waals surface area contributed by atoms with Gasteiger partial charge in [0.15, 0.2) is 5.11 Å². The van der Waals surface area contributed by atoms with E-state index in [2.05, 4.69) is 21.7 Å². The zero-order chi connectivity index (χ0) is 12.3. The lowest BCUT2D eigenvalue weighted by Gasteiger charge is -2.34. The molecule has 9 heteroatoms. The number of hydrogen-bond acceptors (Lipinski definition) is 7. The molecule has 0 radical (unpaired) electrons. The molecule has 4 atom stereocenters. The SMILES string of the molecule is C[C@@H](O)[C@H](O)[C@H](O)[C@H](O)C1NNC(=S)NN1. The highest BCUT2D eigenvalue weighted by molar-refractivity contribution is 7.80. The fourth-order valence-electron chi connectivity index (χ4n) is 1.21. The first-order valence-electron chi connectivity index (χ1n) is 4.72. The minimum Gasteiger partial charge on any atom is -0.391 e. The fraction of sp³-hybridized carbons (Fsp3) is 0.857. The van der Waals surface area contributed by atoms with Gasteiger partial charge < -0.3 is 20.4 Å². The van der Waals surface area contributed by atoms with Gasteiger partial charge in [-0.05, 0) is 19.1 Å². The Balaban J connectivity index is 2.50. The smallest absolute Gasteiger partial charge is 0.195 e. The molecule has 94 valence electrons. The maximum Gasteiger partial charge on any atom is 0.195 e. The zero-order valence-corrected chi connectivity index (χ0v) is 9.40. The second-order valence-corrected chi connectivity index (χ2v) is 3.97. The summed E-state index contributed by atoms with van der Waals surface area (Å²) in [5.74, 6) is 0. The molecule has 0 amide bonds. The van der Waals surface area contributed by atoms with E-state index < -0.39 is 30.6 Å². The Kier molecular flexibility index (Phi) is 4.80. The largest absolute Gasteiger partial charge is 0.391 e. The summed E-state index contributed by atoms with van der Waals surface area (Å²) < 4.78 is 0. The van der Waals surface area contributed by atoms with Gasteiger partial charge in [0.2, 0.25) is 0 Å². The van der Waals surface area contributed by atoms with Gasteiger partial charge in [0.25, 0.3) is 0 Å². The van der Waals surface area contributed by atoms with Crippen LogP contribution in [0, 0.1) is 0 Å².